The van der Waals surface area contributed by atoms with E-state index in [2.05, 4.69) is 19.1 Å². The fourth-order valence-corrected chi connectivity index (χ4v) is 4.03. The Balaban J connectivity index is 1.81. The van der Waals surface area contributed by atoms with Gasteiger partial charge in [0.05, 0.1) is 18.4 Å². The summed E-state index contributed by atoms with van der Waals surface area (Å²) in [7, 11) is 0. The minimum absolute atomic E-state index is 0.00735. The van der Waals surface area contributed by atoms with Crippen molar-refractivity contribution in [3.05, 3.63) is 71.3 Å². The Kier molecular flexibility index (Phi) is 4.50. The Morgan fingerprint density at radius 3 is 2.59 bits per heavy atom. The lowest BCUT2D eigenvalue weighted by atomic mass is 10.1. The molecular weight excluding hydrogens is 294 g/mol. The van der Waals surface area contributed by atoms with Gasteiger partial charge in [0.2, 0.25) is 5.91 Å². The first kappa shape index (κ1) is 15.1. The van der Waals surface area contributed by atoms with E-state index >= 15 is 0 Å². The van der Waals surface area contributed by atoms with Crippen LogP contribution in [0.4, 0.5) is 0 Å². The van der Waals surface area contributed by atoms with Gasteiger partial charge in [0.25, 0.3) is 0 Å². The summed E-state index contributed by atoms with van der Waals surface area (Å²) in [5.74, 6) is 0.564. The van der Waals surface area contributed by atoms with Gasteiger partial charge in [-0.3, -0.25) is 4.79 Å². The SMILES string of the molecule is Cc1ccccc1[C@@H]1SCC(=O)N1C[C@H](O)c1ccccc1. The van der Waals surface area contributed by atoms with Gasteiger partial charge >= 0.3 is 0 Å². The van der Waals surface area contributed by atoms with Crippen molar-refractivity contribution in [1.29, 1.82) is 0 Å². The summed E-state index contributed by atoms with van der Waals surface area (Å²) in [4.78, 5) is 14.0. The molecule has 1 heterocycles. The number of aliphatic hydroxyl groups is 1. The van der Waals surface area contributed by atoms with E-state index in [0.29, 0.717) is 12.3 Å². The lowest BCUT2D eigenvalue weighted by molar-refractivity contribution is -0.129. The molecule has 22 heavy (non-hydrogen) atoms. The first-order chi connectivity index (χ1) is 10.7. The molecule has 0 unspecified atom stereocenters. The van der Waals surface area contributed by atoms with Crippen LogP contribution < -0.4 is 0 Å². The van der Waals surface area contributed by atoms with Crippen LogP contribution in [0.2, 0.25) is 0 Å². The molecule has 3 rings (SSSR count). The van der Waals surface area contributed by atoms with Crippen LogP contribution in [0.3, 0.4) is 0 Å². The number of β-amino-alcohol motifs (C(OH)–C–C–N with tert-alkyl or cyclic N) is 1. The van der Waals surface area contributed by atoms with Crippen molar-refractivity contribution in [2.24, 2.45) is 0 Å². The number of aryl methyl sites for hydroxylation is 1. The zero-order chi connectivity index (χ0) is 15.5. The molecule has 0 aliphatic carbocycles. The molecule has 4 heteroatoms. The normalized spacial score (nSPS) is 19.5. The number of benzene rings is 2. The number of carbonyl (C=O) groups is 1. The predicted molar refractivity (Wildman–Crippen MR) is 89.5 cm³/mol. The van der Waals surface area contributed by atoms with Gasteiger partial charge in [0.1, 0.15) is 5.37 Å². The first-order valence-corrected chi connectivity index (χ1v) is 8.41. The van der Waals surface area contributed by atoms with Gasteiger partial charge in [-0.1, -0.05) is 54.6 Å². The van der Waals surface area contributed by atoms with E-state index in [1.807, 2.05) is 42.5 Å². The van der Waals surface area contributed by atoms with E-state index < -0.39 is 6.10 Å². The molecule has 0 aromatic heterocycles. The minimum atomic E-state index is -0.657. The van der Waals surface area contributed by atoms with Gasteiger partial charge in [-0.25, -0.2) is 0 Å². The van der Waals surface area contributed by atoms with Gasteiger partial charge in [-0.2, -0.15) is 0 Å². The Morgan fingerprint density at radius 1 is 1.18 bits per heavy atom. The number of hydrogen-bond donors (Lipinski definition) is 1. The Bertz CT molecular complexity index is 659. The summed E-state index contributed by atoms with van der Waals surface area (Å²) in [6.45, 7) is 2.39. The molecule has 2 aromatic rings. The molecule has 114 valence electrons. The summed E-state index contributed by atoms with van der Waals surface area (Å²) in [6.07, 6.45) is -0.657. The van der Waals surface area contributed by atoms with E-state index in [1.165, 1.54) is 5.56 Å². The summed E-state index contributed by atoms with van der Waals surface area (Å²) in [5.41, 5.74) is 3.17. The summed E-state index contributed by atoms with van der Waals surface area (Å²) >= 11 is 1.63. The van der Waals surface area contributed by atoms with E-state index in [1.54, 1.807) is 16.7 Å². The van der Waals surface area contributed by atoms with E-state index in [9.17, 15) is 9.90 Å². The topological polar surface area (TPSA) is 40.5 Å². The van der Waals surface area contributed by atoms with Crippen molar-refractivity contribution in [1.82, 2.24) is 4.90 Å². The summed E-state index contributed by atoms with van der Waals surface area (Å²) in [5, 5.41) is 10.4. The average Bonchev–Trinajstić information content (AvgIpc) is 2.90. The molecular formula is C18H19NO2S. The van der Waals surface area contributed by atoms with E-state index in [0.717, 1.165) is 11.1 Å². The third-order valence-electron chi connectivity index (χ3n) is 3.98. The number of nitrogens with zero attached hydrogens (tertiary/aromatic N) is 1. The number of rotatable bonds is 4. The molecule has 2 aromatic carbocycles. The van der Waals surface area contributed by atoms with Gasteiger partial charge in [-0.15, -0.1) is 11.8 Å². The molecule has 2 atom stereocenters. The lowest BCUT2D eigenvalue weighted by Gasteiger charge is -2.27. The van der Waals surface area contributed by atoms with Crippen molar-refractivity contribution in [3.8, 4) is 0 Å². The molecule has 0 bridgehead atoms. The van der Waals surface area contributed by atoms with Crippen molar-refractivity contribution >= 4 is 17.7 Å². The van der Waals surface area contributed by atoms with Crippen LogP contribution in [0, 0.1) is 6.92 Å². The van der Waals surface area contributed by atoms with Crippen LogP contribution in [-0.4, -0.2) is 28.2 Å². The Labute approximate surface area is 135 Å². The molecule has 1 aliphatic rings. The standard InChI is InChI=1S/C18H19NO2S/c1-13-7-5-6-10-15(13)18-19(17(21)12-22-18)11-16(20)14-8-3-2-4-9-14/h2-10,16,18,20H,11-12H2,1H3/t16-,18-/m0/s1. The summed E-state index contributed by atoms with van der Waals surface area (Å²) < 4.78 is 0. The van der Waals surface area contributed by atoms with Crippen molar-refractivity contribution < 1.29 is 9.90 Å². The van der Waals surface area contributed by atoms with Crippen molar-refractivity contribution in [2.75, 3.05) is 12.3 Å². The zero-order valence-electron chi connectivity index (χ0n) is 12.5. The van der Waals surface area contributed by atoms with E-state index in [-0.39, 0.29) is 11.3 Å². The highest BCUT2D eigenvalue weighted by molar-refractivity contribution is 8.00. The minimum Gasteiger partial charge on any atom is -0.387 e. The maximum absolute atomic E-state index is 12.2. The van der Waals surface area contributed by atoms with Crippen LogP contribution in [0.25, 0.3) is 0 Å². The third-order valence-corrected chi connectivity index (χ3v) is 5.21. The van der Waals surface area contributed by atoms with Crippen LogP contribution >= 0.6 is 11.8 Å². The van der Waals surface area contributed by atoms with E-state index in [4.69, 9.17) is 0 Å². The number of amides is 1. The van der Waals surface area contributed by atoms with Crippen molar-refractivity contribution in [3.63, 3.8) is 0 Å². The quantitative estimate of drug-likeness (QED) is 0.941. The van der Waals surface area contributed by atoms with Gasteiger partial charge < -0.3 is 10.0 Å². The van der Waals surface area contributed by atoms with Crippen LogP contribution in [0.5, 0.6) is 0 Å². The van der Waals surface area contributed by atoms with Gasteiger partial charge in [-0.05, 0) is 23.6 Å². The smallest absolute Gasteiger partial charge is 0.233 e. The molecule has 0 spiro atoms. The third kappa shape index (κ3) is 3.03. The monoisotopic (exact) mass is 313 g/mol. The lowest BCUT2D eigenvalue weighted by Crippen LogP contribution is -2.32. The molecule has 1 fully saturated rings. The predicted octanol–water partition coefficient (Wildman–Crippen LogP) is 3.30. The highest BCUT2D eigenvalue weighted by atomic mass is 32.2. The van der Waals surface area contributed by atoms with Crippen LogP contribution in [0.15, 0.2) is 54.6 Å². The van der Waals surface area contributed by atoms with Crippen LogP contribution in [-0.2, 0) is 4.79 Å². The molecule has 0 radical (unpaired) electrons. The Morgan fingerprint density at radius 2 is 1.86 bits per heavy atom. The number of thioether (sulfide) groups is 1. The Hall–Kier alpha value is -1.78. The second-order valence-electron chi connectivity index (χ2n) is 5.49. The maximum atomic E-state index is 12.2. The van der Waals surface area contributed by atoms with Crippen LogP contribution in [0.1, 0.15) is 28.2 Å². The highest BCUT2D eigenvalue weighted by Crippen LogP contribution is 2.40. The number of aliphatic hydroxyl groups excluding tert-OH is 1. The highest BCUT2D eigenvalue weighted by Gasteiger charge is 2.34. The van der Waals surface area contributed by atoms with Crippen molar-refractivity contribution in [2.45, 2.75) is 18.4 Å². The molecule has 1 N–H and O–H groups in total. The number of carbonyl (C=O) groups excluding carboxylic acids is 1. The zero-order valence-corrected chi connectivity index (χ0v) is 13.3. The average molecular weight is 313 g/mol. The maximum Gasteiger partial charge on any atom is 0.233 e. The molecule has 1 aliphatic heterocycles. The molecule has 3 nitrogen and oxygen atoms in total. The van der Waals surface area contributed by atoms with Gasteiger partial charge in [0, 0.05) is 0 Å². The largest absolute Gasteiger partial charge is 0.387 e. The fourth-order valence-electron chi connectivity index (χ4n) is 2.74. The second kappa shape index (κ2) is 6.55. The van der Waals surface area contributed by atoms with Gasteiger partial charge in [0.15, 0.2) is 0 Å². The second-order valence-corrected chi connectivity index (χ2v) is 6.56. The molecule has 1 saturated heterocycles. The first-order valence-electron chi connectivity index (χ1n) is 7.36. The summed E-state index contributed by atoms with van der Waals surface area (Å²) in [6, 6.07) is 17.6. The molecule has 0 saturated carbocycles. The number of hydrogen-bond acceptors (Lipinski definition) is 3. The fraction of sp³-hybridized carbons (Fsp3) is 0.278. The molecule has 1 amide bonds.